The van der Waals surface area contributed by atoms with E-state index in [1.165, 1.54) is 18.6 Å². The molecule has 1 aromatic rings. The van der Waals surface area contributed by atoms with Crippen LogP contribution >= 0.6 is 0 Å². The van der Waals surface area contributed by atoms with Crippen molar-refractivity contribution in [3.8, 4) is 0 Å². The van der Waals surface area contributed by atoms with Gasteiger partial charge in [-0.15, -0.1) is 0 Å². The molecule has 0 aromatic heterocycles. The largest absolute Gasteiger partial charge is 0.388 e. The first-order valence-corrected chi connectivity index (χ1v) is 6.31. The SMILES string of the molecule is CC1CCN(CCC(O)c2cccc(F)c2)C1. The molecule has 2 unspecified atom stereocenters. The highest BCUT2D eigenvalue weighted by Gasteiger charge is 2.19. The molecular formula is C14H20FNO. The van der Waals surface area contributed by atoms with Gasteiger partial charge in [0.25, 0.3) is 0 Å². The molecule has 0 aliphatic carbocycles. The topological polar surface area (TPSA) is 23.5 Å². The van der Waals surface area contributed by atoms with Crippen molar-refractivity contribution in [2.45, 2.75) is 25.9 Å². The zero-order valence-corrected chi connectivity index (χ0v) is 10.3. The van der Waals surface area contributed by atoms with Crippen molar-refractivity contribution in [2.24, 2.45) is 5.92 Å². The molecule has 0 spiro atoms. The number of hydrogen-bond acceptors (Lipinski definition) is 2. The molecular weight excluding hydrogens is 217 g/mol. The van der Waals surface area contributed by atoms with Gasteiger partial charge >= 0.3 is 0 Å². The van der Waals surface area contributed by atoms with E-state index >= 15 is 0 Å². The summed E-state index contributed by atoms with van der Waals surface area (Å²) in [4.78, 5) is 2.37. The quantitative estimate of drug-likeness (QED) is 0.870. The van der Waals surface area contributed by atoms with Gasteiger partial charge in [-0.25, -0.2) is 4.39 Å². The van der Waals surface area contributed by atoms with Crippen LogP contribution in [0.25, 0.3) is 0 Å². The van der Waals surface area contributed by atoms with Crippen LogP contribution in [0.1, 0.15) is 31.4 Å². The first kappa shape index (κ1) is 12.5. The molecule has 3 heteroatoms. The summed E-state index contributed by atoms with van der Waals surface area (Å²) in [6.07, 6.45) is 1.37. The predicted octanol–water partition coefficient (Wildman–Crippen LogP) is 2.59. The van der Waals surface area contributed by atoms with Crippen LogP contribution in [0.2, 0.25) is 0 Å². The van der Waals surface area contributed by atoms with Gasteiger partial charge in [0.15, 0.2) is 0 Å². The fourth-order valence-corrected chi connectivity index (χ4v) is 2.41. The van der Waals surface area contributed by atoms with Gasteiger partial charge < -0.3 is 10.0 Å². The molecule has 94 valence electrons. The number of aliphatic hydroxyl groups is 1. The van der Waals surface area contributed by atoms with E-state index in [-0.39, 0.29) is 5.82 Å². The summed E-state index contributed by atoms with van der Waals surface area (Å²) in [5, 5.41) is 9.98. The average Bonchev–Trinajstić information content (AvgIpc) is 2.72. The van der Waals surface area contributed by atoms with Crippen LogP contribution in [0, 0.1) is 11.7 Å². The summed E-state index contributed by atoms with van der Waals surface area (Å²) in [7, 11) is 0. The van der Waals surface area contributed by atoms with Crippen LogP contribution in [0.15, 0.2) is 24.3 Å². The first-order valence-electron chi connectivity index (χ1n) is 6.31. The number of halogens is 1. The molecule has 0 radical (unpaired) electrons. The Balaban J connectivity index is 1.83. The van der Waals surface area contributed by atoms with Gasteiger partial charge in [0.2, 0.25) is 0 Å². The smallest absolute Gasteiger partial charge is 0.123 e. The van der Waals surface area contributed by atoms with Gasteiger partial charge in [-0.3, -0.25) is 0 Å². The Labute approximate surface area is 102 Å². The van der Waals surface area contributed by atoms with Crippen molar-refractivity contribution < 1.29 is 9.50 Å². The Hall–Kier alpha value is -0.930. The molecule has 1 aliphatic rings. The molecule has 1 aliphatic heterocycles. The second kappa shape index (κ2) is 5.61. The lowest BCUT2D eigenvalue weighted by molar-refractivity contribution is 0.147. The summed E-state index contributed by atoms with van der Waals surface area (Å²) < 4.78 is 13.0. The van der Waals surface area contributed by atoms with E-state index in [2.05, 4.69) is 11.8 Å². The van der Waals surface area contributed by atoms with E-state index in [0.717, 1.165) is 25.6 Å². The highest BCUT2D eigenvalue weighted by Crippen LogP contribution is 2.20. The number of likely N-dealkylation sites (tertiary alicyclic amines) is 1. The normalized spacial score (nSPS) is 22.9. The Morgan fingerprint density at radius 1 is 1.53 bits per heavy atom. The third-order valence-electron chi connectivity index (χ3n) is 3.46. The minimum atomic E-state index is -0.554. The predicted molar refractivity (Wildman–Crippen MR) is 66.2 cm³/mol. The molecule has 2 atom stereocenters. The molecule has 1 saturated heterocycles. The van der Waals surface area contributed by atoms with Gasteiger partial charge in [0.05, 0.1) is 6.10 Å². The van der Waals surface area contributed by atoms with Gasteiger partial charge in [-0.1, -0.05) is 19.1 Å². The lowest BCUT2D eigenvalue weighted by Gasteiger charge is -2.18. The van der Waals surface area contributed by atoms with Crippen molar-refractivity contribution in [1.29, 1.82) is 0 Å². The average molecular weight is 237 g/mol. The maximum Gasteiger partial charge on any atom is 0.123 e. The lowest BCUT2D eigenvalue weighted by atomic mass is 10.1. The molecule has 0 saturated carbocycles. The Morgan fingerprint density at radius 3 is 3.00 bits per heavy atom. The Bertz CT molecular complexity index is 369. The van der Waals surface area contributed by atoms with E-state index in [0.29, 0.717) is 12.0 Å². The van der Waals surface area contributed by atoms with Crippen molar-refractivity contribution in [3.05, 3.63) is 35.6 Å². The number of aliphatic hydroxyl groups excluding tert-OH is 1. The summed E-state index contributed by atoms with van der Waals surface area (Å²) in [5.74, 6) is 0.484. The number of nitrogens with zero attached hydrogens (tertiary/aromatic N) is 1. The Morgan fingerprint density at radius 2 is 2.35 bits per heavy atom. The van der Waals surface area contributed by atoms with Crippen LogP contribution in [0.3, 0.4) is 0 Å². The molecule has 1 N–H and O–H groups in total. The number of benzene rings is 1. The van der Waals surface area contributed by atoms with Crippen LogP contribution in [0.4, 0.5) is 4.39 Å². The third kappa shape index (κ3) is 3.51. The third-order valence-corrected chi connectivity index (χ3v) is 3.46. The number of hydrogen-bond donors (Lipinski definition) is 1. The Kier molecular flexibility index (Phi) is 4.13. The maximum absolute atomic E-state index is 13.0. The molecule has 0 amide bonds. The van der Waals surface area contributed by atoms with Crippen molar-refractivity contribution in [3.63, 3.8) is 0 Å². The minimum absolute atomic E-state index is 0.281. The number of rotatable bonds is 4. The fraction of sp³-hybridized carbons (Fsp3) is 0.571. The van der Waals surface area contributed by atoms with Crippen molar-refractivity contribution >= 4 is 0 Å². The lowest BCUT2D eigenvalue weighted by Crippen LogP contribution is -2.23. The monoisotopic (exact) mass is 237 g/mol. The van der Waals surface area contributed by atoms with Crippen LogP contribution < -0.4 is 0 Å². The van der Waals surface area contributed by atoms with E-state index < -0.39 is 6.10 Å². The molecule has 1 aromatic carbocycles. The van der Waals surface area contributed by atoms with Crippen molar-refractivity contribution in [2.75, 3.05) is 19.6 Å². The minimum Gasteiger partial charge on any atom is -0.388 e. The molecule has 0 bridgehead atoms. The zero-order valence-electron chi connectivity index (χ0n) is 10.3. The van der Waals surface area contributed by atoms with E-state index in [1.807, 2.05) is 0 Å². The highest BCUT2D eigenvalue weighted by atomic mass is 19.1. The van der Waals surface area contributed by atoms with Gasteiger partial charge in [-0.2, -0.15) is 0 Å². The molecule has 1 heterocycles. The zero-order chi connectivity index (χ0) is 12.3. The fourth-order valence-electron chi connectivity index (χ4n) is 2.41. The molecule has 2 nitrogen and oxygen atoms in total. The van der Waals surface area contributed by atoms with Gasteiger partial charge in [-0.05, 0) is 43.0 Å². The highest BCUT2D eigenvalue weighted by molar-refractivity contribution is 5.18. The molecule has 17 heavy (non-hydrogen) atoms. The maximum atomic E-state index is 13.0. The van der Waals surface area contributed by atoms with Gasteiger partial charge in [0.1, 0.15) is 5.82 Å². The first-order chi connectivity index (χ1) is 8.15. The van der Waals surface area contributed by atoms with E-state index in [4.69, 9.17) is 0 Å². The summed E-state index contributed by atoms with van der Waals surface area (Å²) in [5.41, 5.74) is 0.678. The van der Waals surface area contributed by atoms with Crippen molar-refractivity contribution in [1.82, 2.24) is 4.90 Å². The summed E-state index contributed by atoms with van der Waals surface area (Å²) in [6.45, 7) is 5.39. The van der Waals surface area contributed by atoms with E-state index in [9.17, 15) is 9.50 Å². The summed E-state index contributed by atoms with van der Waals surface area (Å²) in [6, 6.07) is 6.24. The second-order valence-corrected chi connectivity index (χ2v) is 5.05. The van der Waals surface area contributed by atoms with Gasteiger partial charge in [0, 0.05) is 13.1 Å². The molecule has 1 fully saturated rings. The van der Waals surface area contributed by atoms with Crippen LogP contribution in [-0.4, -0.2) is 29.6 Å². The van der Waals surface area contributed by atoms with Crippen LogP contribution in [0.5, 0.6) is 0 Å². The van der Waals surface area contributed by atoms with Crippen LogP contribution in [-0.2, 0) is 0 Å². The standard InChI is InChI=1S/C14H20FNO/c1-11-5-7-16(10-11)8-6-14(17)12-3-2-4-13(15)9-12/h2-4,9,11,14,17H,5-8,10H2,1H3. The molecule has 2 rings (SSSR count). The van der Waals surface area contributed by atoms with E-state index in [1.54, 1.807) is 12.1 Å². The second-order valence-electron chi connectivity index (χ2n) is 5.05. The summed E-state index contributed by atoms with van der Waals surface area (Å²) >= 11 is 0.